The molecular weight excluding hydrogens is 228 g/mol. The summed E-state index contributed by atoms with van der Waals surface area (Å²) in [5, 5.41) is 3.13. The van der Waals surface area contributed by atoms with Crippen molar-refractivity contribution >= 4 is 21.6 Å². The minimum atomic E-state index is -3.51. The highest BCUT2D eigenvalue weighted by Crippen LogP contribution is 2.25. The van der Waals surface area contributed by atoms with Gasteiger partial charge in [0.1, 0.15) is 0 Å². The normalized spacial score (nSPS) is 14.1. The molecule has 0 saturated heterocycles. The van der Waals surface area contributed by atoms with Gasteiger partial charge < -0.3 is 5.32 Å². The molecule has 1 aromatic rings. The quantitative estimate of drug-likeness (QED) is 0.782. The zero-order valence-electron chi connectivity index (χ0n) is 8.78. The number of amides is 1. The molecule has 0 saturated carbocycles. The molecule has 86 valence electrons. The summed E-state index contributed by atoms with van der Waals surface area (Å²) in [7, 11) is -3.51. The maximum absolute atomic E-state index is 11.7. The predicted molar refractivity (Wildman–Crippen MR) is 60.9 cm³/mol. The number of hydrogen-bond donors (Lipinski definition) is 2. The summed E-state index contributed by atoms with van der Waals surface area (Å²) in [6.45, 7) is 0.776. The number of sulfonamides is 1. The Morgan fingerprint density at radius 1 is 1.44 bits per heavy atom. The van der Waals surface area contributed by atoms with Crippen LogP contribution in [0.15, 0.2) is 18.2 Å². The molecule has 5 nitrogen and oxygen atoms in total. The first-order valence-electron chi connectivity index (χ1n) is 4.85. The molecule has 6 heteroatoms. The van der Waals surface area contributed by atoms with E-state index in [1.807, 2.05) is 10.8 Å². The highest BCUT2D eigenvalue weighted by atomic mass is 32.2. The second-order valence-corrected chi connectivity index (χ2v) is 5.46. The molecule has 0 spiro atoms. The van der Waals surface area contributed by atoms with Crippen LogP contribution in [0, 0.1) is 0 Å². The molecule has 0 aromatic heterocycles. The fraction of sp³-hybridized carbons (Fsp3) is 0.300. The third kappa shape index (κ3) is 2.16. The van der Waals surface area contributed by atoms with E-state index in [9.17, 15) is 13.2 Å². The molecular formula is C10H12N2O3S. The van der Waals surface area contributed by atoms with Crippen molar-refractivity contribution in [3.8, 4) is 0 Å². The van der Waals surface area contributed by atoms with Gasteiger partial charge in [-0.25, -0.2) is 13.1 Å². The summed E-state index contributed by atoms with van der Waals surface area (Å²) < 4.78 is 23.9. The molecule has 0 atom stereocenters. The van der Waals surface area contributed by atoms with Crippen molar-refractivity contribution in [2.24, 2.45) is 0 Å². The molecule has 0 bridgehead atoms. The molecule has 2 rings (SSSR count). The third-order valence-electron chi connectivity index (χ3n) is 2.39. The van der Waals surface area contributed by atoms with Gasteiger partial charge in [0.25, 0.3) is 5.91 Å². The smallest absolute Gasteiger partial charge is 0.265 e. The van der Waals surface area contributed by atoms with E-state index < -0.39 is 15.9 Å². The minimum Gasteiger partial charge on any atom is -0.384 e. The second-order valence-electron chi connectivity index (χ2n) is 3.71. The largest absolute Gasteiger partial charge is 0.384 e. The fourth-order valence-electron chi connectivity index (χ4n) is 1.78. The lowest BCUT2D eigenvalue weighted by Crippen LogP contribution is -2.29. The summed E-state index contributed by atoms with van der Waals surface area (Å²) >= 11 is 0. The zero-order valence-corrected chi connectivity index (χ0v) is 9.60. The first kappa shape index (κ1) is 10.9. The van der Waals surface area contributed by atoms with Gasteiger partial charge in [-0.15, -0.1) is 0 Å². The number of carbonyl (C=O) groups excluding carboxylic acids is 1. The van der Waals surface area contributed by atoms with E-state index in [0.29, 0.717) is 5.56 Å². The average molecular weight is 240 g/mol. The van der Waals surface area contributed by atoms with Gasteiger partial charge >= 0.3 is 0 Å². The van der Waals surface area contributed by atoms with Crippen molar-refractivity contribution in [2.75, 3.05) is 18.1 Å². The van der Waals surface area contributed by atoms with Crippen LogP contribution in [0.4, 0.5) is 5.69 Å². The molecule has 0 aliphatic carbocycles. The van der Waals surface area contributed by atoms with E-state index in [-0.39, 0.29) is 0 Å². The second kappa shape index (κ2) is 3.79. The van der Waals surface area contributed by atoms with Crippen LogP contribution in [0.25, 0.3) is 0 Å². The Bertz CT molecular complexity index is 537. The van der Waals surface area contributed by atoms with Gasteiger partial charge in [-0.2, -0.15) is 0 Å². The molecule has 1 aromatic carbocycles. The molecule has 1 aliphatic heterocycles. The molecule has 0 radical (unpaired) electrons. The Morgan fingerprint density at radius 2 is 2.19 bits per heavy atom. The van der Waals surface area contributed by atoms with Gasteiger partial charge in [-0.1, -0.05) is 6.07 Å². The molecule has 0 unspecified atom stereocenters. The molecule has 16 heavy (non-hydrogen) atoms. The van der Waals surface area contributed by atoms with E-state index in [2.05, 4.69) is 5.32 Å². The lowest BCUT2D eigenvalue weighted by Gasteiger charge is -2.07. The number of hydrogen-bond acceptors (Lipinski definition) is 4. The zero-order chi connectivity index (χ0) is 11.8. The first-order chi connectivity index (χ1) is 7.47. The number of rotatable bonds is 2. The number of nitrogens with one attached hydrogen (secondary N) is 2. The van der Waals surface area contributed by atoms with Crippen LogP contribution in [0.5, 0.6) is 0 Å². The van der Waals surface area contributed by atoms with Crippen LogP contribution in [0.3, 0.4) is 0 Å². The van der Waals surface area contributed by atoms with E-state index in [4.69, 9.17) is 0 Å². The van der Waals surface area contributed by atoms with Gasteiger partial charge in [0.15, 0.2) is 0 Å². The molecule has 2 N–H and O–H groups in total. The highest BCUT2D eigenvalue weighted by molar-refractivity contribution is 7.89. The maximum atomic E-state index is 11.7. The van der Waals surface area contributed by atoms with Gasteiger partial charge in [-0.3, -0.25) is 4.79 Å². The molecule has 1 heterocycles. The van der Waals surface area contributed by atoms with Crippen molar-refractivity contribution in [3.05, 3.63) is 29.3 Å². The summed E-state index contributed by atoms with van der Waals surface area (Å²) in [6, 6.07) is 5.24. The number of benzene rings is 1. The average Bonchev–Trinajstić information content (AvgIpc) is 2.61. The highest BCUT2D eigenvalue weighted by Gasteiger charge is 2.20. The maximum Gasteiger partial charge on any atom is 0.265 e. The standard InChI is InChI=1S/C10H12N2O3S/c1-16(14,15)12-10(13)8-3-2-4-9-7(8)5-6-11-9/h2-4,11H,5-6H2,1H3,(H,12,13). The Balaban J connectivity index is 2.35. The summed E-state index contributed by atoms with van der Waals surface area (Å²) in [5.41, 5.74) is 2.21. The van der Waals surface area contributed by atoms with E-state index in [0.717, 1.165) is 30.5 Å². The Hall–Kier alpha value is -1.56. The van der Waals surface area contributed by atoms with Crippen LogP contribution < -0.4 is 10.0 Å². The summed E-state index contributed by atoms with van der Waals surface area (Å²) in [6.07, 6.45) is 1.70. The van der Waals surface area contributed by atoms with Crippen LogP contribution in [-0.4, -0.2) is 27.1 Å². The van der Waals surface area contributed by atoms with Gasteiger partial charge in [0, 0.05) is 17.8 Å². The monoisotopic (exact) mass is 240 g/mol. The van der Waals surface area contributed by atoms with E-state index in [1.54, 1.807) is 12.1 Å². The number of carbonyl (C=O) groups is 1. The molecule has 1 aliphatic rings. The van der Waals surface area contributed by atoms with Crippen molar-refractivity contribution in [3.63, 3.8) is 0 Å². The van der Waals surface area contributed by atoms with E-state index in [1.165, 1.54) is 0 Å². The number of fused-ring (bicyclic) bond motifs is 1. The van der Waals surface area contributed by atoms with Crippen molar-refractivity contribution < 1.29 is 13.2 Å². The van der Waals surface area contributed by atoms with Gasteiger partial charge in [-0.05, 0) is 24.1 Å². The van der Waals surface area contributed by atoms with E-state index >= 15 is 0 Å². The molecule has 0 fully saturated rings. The van der Waals surface area contributed by atoms with Gasteiger partial charge in [0.05, 0.1) is 6.26 Å². The van der Waals surface area contributed by atoms with Crippen molar-refractivity contribution in [2.45, 2.75) is 6.42 Å². The van der Waals surface area contributed by atoms with Crippen LogP contribution in [-0.2, 0) is 16.4 Å². The van der Waals surface area contributed by atoms with Gasteiger partial charge in [0.2, 0.25) is 10.0 Å². The lowest BCUT2D eigenvalue weighted by atomic mass is 10.0. The first-order valence-corrected chi connectivity index (χ1v) is 6.74. The van der Waals surface area contributed by atoms with Crippen LogP contribution >= 0.6 is 0 Å². The van der Waals surface area contributed by atoms with Crippen LogP contribution in [0.1, 0.15) is 15.9 Å². The topological polar surface area (TPSA) is 75.3 Å². The molecule has 1 amide bonds. The Kier molecular flexibility index (Phi) is 2.59. The lowest BCUT2D eigenvalue weighted by molar-refractivity contribution is 0.0981. The SMILES string of the molecule is CS(=O)(=O)NC(=O)c1cccc2c1CCN2. The van der Waals surface area contributed by atoms with Crippen molar-refractivity contribution in [1.82, 2.24) is 4.72 Å². The van der Waals surface area contributed by atoms with Crippen LogP contribution in [0.2, 0.25) is 0 Å². The third-order valence-corrected chi connectivity index (χ3v) is 2.95. The Morgan fingerprint density at radius 3 is 2.88 bits per heavy atom. The summed E-state index contributed by atoms with van der Waals surface area (Å²) in [5.74, 6) is -0.567. The fourth-order valence-corrected chi connectivity index (χ4v) is 2.23. The van der Waals surface area contributed by atoms with Crippen molar-refractivity contribution in [1.29, 1.82) is 0 Å². The Labute approximate surface area is 93.9 Å². The summed E-state index contributed by atoms with van der Waals surface area (Å²) in [4.78, 5) is 11.7. The minimum absolute atomic E-state index is 0.424. The predicted octanol–water partition coefficient (Wildman–Crippen LogP) is 0.344. The number of anilines is 1.